The second-order valence-corrected chi connectivity index (χ2v) is 2.65. The van der Waals surface area contributed by atoms with Gasteiger partial charge in [0.15, 0.2) is 5.82 Å². The van der Waals surface area contributed by atoms with Crippen LogP contribution in [-0.2, 0) is 4.74 Å². The van der Waals surface area contributed by atoms with E-state index in [0.29, 0.717) is 12.4 Å². The van der Waals surface area contributed by atoms with Gasteiger partial charge in [-0.2, -0.15) is 10.1 Å². The number of hydrogen-bond acceptors (Lipinski definition) is 5. The van der Waals surface area contributed by atoms with E-state index in [2.05, 4.69) is 20.5 Å². The number of nitrogens with one attached hydrogen (secondary N) is 2. The maximum atomic E-state index is 10.7. The Hall–Kier alpha value is -1.43. The van der Waals surface area contributed by atoms with E-state index in [-0.39, 0.29) is 0 Å². The van der Waals surface area contributed by atoms with Gasteiger partial charge in [-0.15, -0.1) is 0 Å². The number of aromatic amines is 1. The summed E-state index contributed by atoms with van der Waals surface area (Å²) in [4.78, 5) is 14.4. The molecule has 0 bridgehead atoms. The molecule has 2 N–H and O–H groups in total. The molecule has 1 aromatic heterocycles. The molecule has 0 atom stereocenters. The van der Waals surface area contributed by atoms with Gasteiger partial charge in [-0.1, -0.05) is 0 Å². The lowest BCUT2D eigenvalue weighted by atomic mass is 10.4. The predicted octanol–water partition coefficient (Wildman–Crippen LogP) is 0.00340. The Bertz CT molecular complexity index is 312. The second kappa shape index (κ2) is 6.09. The van der Waals surface area contributed by atoms with Crippen molar-refractivity contribution >= 4 is 5.82 Å². The molecular formula is C8H14N4O2. The summed E-state index contributed by atoms with van der Waals surface area (Å²) in [5.41, 5.74) is -0.445. The van der Waals surface area contributed by atoms with E-state index in [1.807, 2.05) is 6.92 Å². The highest BCUT2D eigenvalue weighted by atomic mass is 16.5. The van der Waals surface area contributed by atoms with Crippen molar-refractivity contribution in [1.82, 2.24) is 15.2 Å². The van der Waals surface area contributed by atoms with Gasteiger partial charge in [0, 0.05) is 19.8 Å². The molecule has 0 radical (unpaired) electrons. The Morgan fingerprint density at radius 2 is 2.50 bits per heavy atom. The smallest absolute Gasteiger partial charge is 0.363 e. The first-order valence-electron chi connectivity index (χ1n) is 4.56. The first-order chi connectivity index (χ1) is 6.83. The highest BCUT2D eigenvalue weighted by Gasteiger charge is 1.93. The number of H-pyrrole nitrogens is 1. The van der Waals surface area contributed by atoms with Crippen molar-refractivity contribution in [3.8, 4) is 0 Å². The van der Waals surface area contributed by atoms with Gasteiger partial charge < -0.3 is 10.1 Å². The lowest BCUT2D eigenvalue weighted by molar-refractivity contribution is 0.147. The van der Waals surface area contributed by atoms with E-state index in [1.54, 1.807) is 0 Å². The van der Waals surface area contributed by atoms with Crippen LogP contribution in [0.2, 0.25) is 0 Å². The van der Waals surface area contributed by atoms with Crippen LogP contribution < -0.4 is 11.0 Å². The van der Waals surface area contributed by atoms with Crippen molar-refractivity contribution in [2.75, 3.05) is 25.1 Å². The number of rotatable bonds is 6. The maximum Gasteiger partial charge on any atom is 0.363 e. The van der Waals surface area contributed by atoms with Crippen LogP contribution in [0, 0.1) is 0 Å². The van der Waals surface area contributed by atoms with Gasteiger partial charge in [0.05, 0.1) is 6.20 Å². The van der Waals surface area contributed by atoms with Gasteiger partial charge in [0.1, 0.15) is 0 Å². The fourth-order valence-corrected chi connectivity index (χ4v) is 0.932. The highest BCUT2D eigenvalue weighted by Crippen LogP contribution is 1.93. The van der Waals surface area contributed by atoms with Crippen LogP contribution in [0.1, 0.15) is 13.3 Å². The monoisotopic (exact) mass is 198 g/mol. The fourth-order valence-electron chi connectivity index (χ4n) is 0.932. The molecule has 0 fully saturated rings. The van der Waals surface area contributed by atoms with Crippen LogP contribution in [0.5, 0.6) is 0 Å². The normalized spacial score (nSPS) is 10.1. The SMILES string of the molecule is CCOCCCNc1cn[nH]c(=O)n1. The summed E-state index contributed by atoms with van der Waals surface area (Å²) in [5.74, 6) is 0.491. The minimum Gasteiger partial charge on any atom is -0.382 e. The number of anilines is 1. The summed E-state index contributed by atoms with van der Waals surface area (Å²) >= 11 is 0. The molecule has 1 heterocycles. The van der Waals surface area contributed by atoms with Gasteiger partial charge in [-0.3, -0.25) is 0 Å². The van der Waals surface area contributed by atoms with E-state index in [4.69, 9.17) is 4.74 Å². The van der Waals surface area contributed by atoms with Crippen molar-refractivity contribution in [2.45, 2.75) is 13.3 Å². The summed E-state index contributed by atoms with van der Waals surface area (Å²) in [7, 11) is 0. The Labute approximate surface area is 81.7 Å². The van der Waals surface area contributed by atoms with Crippen LogP contribution in [0.4, 0.5) is 5.82 Å². The number of aromatic nitrogens is 3. The van der Waals surface area contributed by atoms with Gasteiger partial charge in [-0.05, 0) is 13.3 Å². The van der Waals surface area contributed by atoms with Crippen LogP contribution in [0.3, 0.4) is 0 Å². The molecule has 0 aliphatic rings. The van der Waals surface area contributed by atoms with E-state index in [0.717, 1.165) is 19.6 Å². The first kappa shape index (κ1) is 10.6. The van der Waals surface area contributed by atoms with Crippen molar-refractivity contribution in [1.29, 1.82) is 0 Å². The van der Waals surface area contributed by atoms with Gasteiger partial charge in [0.2, 0.25) is 0 Å². The Balaban J connectivity index is 2.21. The van der Waals surface area contributed by atoms with Gasteiger partial charge >= 0.3 is 5.69 Å². The van der Waals surface area contributed by atoms with Crippen LogP contribution >= 0.6 is 0 Å². The molecule has 6 nitrogen and oxygen atoms in total. The zero-order valence-corrected chi connectivity index (χ0v) is 8.12. The minimum absolute atomic E-state index is 0.445. The molecule has 78 valence electrons. The fraction of sp³-hybridized carbons (Fsp3) is 0.625. The lowest BCUT2D eigenvalue weighted by Gasteiger charge is -2.03. The highest BCUT2D eigenvalue weighted by molar-refractivity contribution is 5.28. The molecule has 0 aliphatic carbocycles. The quantitative estimate of drug-likeness (QED) is 0.629. The molecule has 0 aliphatic heterocycles. The summed E-state index contributed by atoms with van der Waals surface area (Å²) in [6, 6.07) is 0. The number of nitrogens with zero attached hydrogens (tertiary/aromatic N) is 2. The third kappa shape index (κ3) is 3.99. The van der Waals surface area contributed by atoms with Crippen molar-refractivity contribution in [3.05, 3.63) is 16.7 Å². The lowest BCUT2D eigenvalue weighted by Crippen LogP contribution is -2.15. The number of hydrogen-bond donors (Lipinski definition) is 2. The zero-order valence-electron chi connectivity index (χ0n) is 8.12. The summed E-state index contributed by atoms with van der Waals surface area (Å²) in [6.07, 6.45) is 2.35. The van der Waals surface area contributed by atoms with Gasteiger partial charge in [0.25, 0.3) is 0 Å². The molecule has 0 amide bonds. The molecule has 0 unspecified atom stereocenters. The van der Waals surface area contributed by atoms with E-state index >= 15 is 0 Å². The van der Waals surface area contributed by atoms with Crippen LogP contribution in [-0.4, -0.2) is 34.9 Å². The number of ether oxygens (including phenoxy) is 1. The molecule has 1 rings (SSSR count). The topological polar surface area (TPSA) is 79.9 Å². The average Bonchev–Trinajstić information content (AvgIpc) is 2.18. The van der Waals surface area contributed by atoms with Crippen molar-refractivity contribution in [3.63, 3.8) is 0 Å². The molecule has 0 saturated heterocycles. The van der Waals surface area contributed by atoms with Crippen LogP contribution in [0.15, 0.2) is 11.0 Å². The van der Waals surface area contributed by atoms with Crippen molar-refractivity contribution < 1.29 is 4.74 Å². The Kier molecular flexibility index (Phi) is 4.63. The average molecular weight is 198 g/mol. The van der Waals surface area contributed by atoms with Crippen molar-refractivity contribution in [2.24, 2.45) is 0 Å². The van der Waals surface area contributed by atoms with E-state index < -0.39 is 5.69 Å². The second-order valence-electron chi connectivity index (χ2n) is 2.65. The summed E-state index contributed by atoms with van der Waals surface area (Å²) in [5, 5.41) is 8.78. The molecule has 0 aromatic carbocycles. The molecule has 1 aromatic rings. The zero-order chi connectivity index (χ0) is 10.2. The summed E-state index contributed by atoms with van der Waals surface area (Å²) < 4.78 is 5.15. The molecule has 0 saturated carbocycles. The minimum atomic E-state index is -0.445. The largest absolute Gasteiger partial charge is 0.382 e. The molecule has 0 spiro atoms. The van der Waals surface area contributed by atoms with Crippen LogP contribution in [0.25, 0.3) is 0 Å². The first-order valence-corrected chi connectivity index (χ1v) is 4.56. The van der Waals surface area contributed by atoms with E-state index in [9.17, 15) is 4.79 Å². The standard InChI is InChI=1S/C8H14N4O2/c1-2-14-5-3-4-9-7-6-10-12-8(13)11-7/h6H,2-5H2,1H3,(H2,9,11,12,13). The summed E-state index contributed by atoms with van der Waals surface area (Å²) in [6.45, 7) is 4.11. The predicted molar refractivity (Wildman–Crippen MR) is 52.3 cm³/mol. The Morgan fingerprint density at radius 1 is 1.64 bits per heavy atom. The third-order valence-electron chi connectivity index (χ3n) is 1.54. The van der Waals surface area contributed by atoms with E-state index in [1.165, 1.54) is 6.20 Å². The third-order valence-corrected chi connectivity index (χ3v) is 1.54. The molecule has 14 heavy (non-hydrogen) atoms. The molecule has 6 heteroatoms. The maximum absolute atomic E-state index is 10.7. The van der Waals surface area contributed by atoms with Gasteiger partial charge in [-0.25, -0.2) is 9.89 Å². The Morgan fingerprint density at radius 3 is 3.21 bits per heavy atom. The molecular weight excluding hydrogens is 184 g/mol.